The Kier molecular flexibility index (Phi) is 4.37. The largest absolute Gasteiger partial charge is 0.465 e. The van der Waals surface area contributed by atoms with E-state index >= 15 is 0 Å². The van der Waals surface area contributed by atoms with Crippen LogP contribution in [0.25, 0.3) is 0 Å². The second kappa shape index (κ2) is 6.67. The average Bonchev–Trinajstić information content (AvgIpc) is 3.27. The molecule has 25 heavy (non-hydrogen) atoms. The first-order chi connectivity index (χ1) is 12.1. The number of piperidine rings is 1. The number of rotatable bonds is 4. The van der Waals surface area contributed by atoms with Gasteiger partial charge in [0.2, 0.25) is 5.91 Å². The van der Waals surface area contributed by atoms with Crippen LogP contribution in [-0.4, -0.2) is 50.7 Å². The number of amides is 1. The number of aryl methyl sites for hydroxylation is 1. The molecule has 0 saturated carbocycles. The third-order valence-corrected chi connectivity index (χ3v) is 5.60. The summed E-state index contributed by atoms with van der Waals surface area (Å²) >= 11 is 0. The van der Waals surface area contributed by atoms with E-state index in [1.54, 1.807) is 13.1 Å². The Labute approximate surface area is 148 Å². The normalized spacial score (nSPS) is 26.8. The molecule has 0 bridgehead atoms. The van der Waals surface area contributed by atoms with Gasteiger partial charge in [0.25, 0.3) is 0 Å². The van der Waals surface area contributed by atoms with Crippen LogP contribution in [-0.2, 0) is 17.9 Å². The third-order valence-electron chi connectivity index (χ3n) is 5.60. The molecule has 2 fully saturated rings. The number of hydrogen-bond acceptors (Lipinski definition) is 4. The lowest BCUT2D eigenvalue weighted by atomic mass is 9.92. The predicted molar refractivity (Wildman–Crippen MR) is 93.8 cm³/mol. The van der Waals surface area contributed by atoms with Crippen LogP contribution in [0.2, 0.25) is 0 Å². The van der Waals surface area contributed by atoms with Crippen LogP contribution in [0.3, 0.4) is 0 Å². The van der Waals surface area contributed by atoms with E-state index in [0.717, 1.165) is 50.5 Å². The maximum absolute atomic E-state index is 12.3. The molecule has 134 valence electrons. The molecule has 2 saturated heterocycles. The van der Waals surface area contributed by atoms with Gasteiger partial charge in [-0.25, -0.2) is 0 Å². The summed E-state index contributed by atoms with van der Waals surface area (Å²) in [7, 11) is 0. The van der Waals surface area contributed by atoms with Gasteiger partial charge in [0.1, 0.15) is 11.5 Å². The van der Waals surface area contributed by atoms with E-state index in [2.05, 4.69) is 21.0 Å². The van der Waals surface area contributed by atoms with Crippen molar-refractivity contribution in [3.63, 3.8) is 0 Å². The molecule has 0 spiro atoms. The Bertz CT molecular complexity index is 724. The summed E-state index contributed by atoms with van der Waals surface area (Å²) in [5.74, 6) is 2.73. The van der Waals surface area contributed by atoms with E-state index in [4.69, 9.17) is 4.42 Å². The molecule has 0 aromatic carbocycles. The summed E-state index contributed by atoms with van der Waals surface area (Å²) in [5.41, 5.74) is 0. The van der Waals surface area contributed by atoms with Crippen molar-refractivity contribution in [2.24, 2.45) is 5.92 Å². The molecule has 2 aliphatic rings. The van der Waals surface area contributed by atoms with E-state index in [0.29, 0.717) is 12.0 Å². The minimum absolute atomic E-state index is 0.194. The quantitative estimate of drug-likeness (QED) is 0.855. The summed E-state index contributed by atoms with van der Waals surface area (Å²) in [6, 6.07) is 6.65. The molecule has 2 aromatic rings. The summed E-state index contributed by atoms with van der Waals surface area (Å²) in [4.78, 5) is 16.9. The summed E-state index contributed by atoms with van der Waals surface area (Å²) in [5, 5.41) is 4.32. The Balaban J connectivity index is 1.44. The van der Waals surface area contributed by atoms with E-state index in [1.165, 1.54) is 0 Å². The van der Waals surface area contributed by atoms with Crippen LogP contribution in [0.4, 0.5) is 0 Å². The highest BCUT2D eigenvalue weighted by Crippen LogP contribution is 2.36. The van der Waals surface area contributed by atoms with Crippen LogP contribution in [0.5, 0.6) is 0 Å². The highest BCUT2D eigenvalue weighted by Gasteiger charge is 2.45. The first-order valence-corrected chi connectivity index (χ1v) is 9.14. The first-order valence-electron chi connectivity index (χ1n) is 9.14. The molecule has 1 amide bonds. The van der Waals surface area contributed by atoms with Crippen LogP contribution < -0.4 is 0 Å². The molecular formula is C19H26N4O2. The second-order valence-electron chi connectivity index (χ2n) is 7.41. The zero-order valence-corrected chi connectivity index (χ0v) is 15.0. The highest BCUT2D eigenvalue weighted by molar-refractivity contribution is 5.74. The van der Waals surface area contributed by atoms with Gasteiger partial charge >= 0.3 is 0 Å². The molecule has 2 aliphatic heterocycles. The van der Waals surface area contributed by atoms with Gasteiger partial charge in [-0.1, -0.05) is 0 Å². The lowest BCUT2D eigenvalue weighted by molar-refractivity contribution is -0.133. The fourth-order valence-corrected chi connectivity index (χ4v) is 4.64. The highest BCUT2D eigenvalue weighted by atomic mass is 16.3. The molecule has 0 aliphatic carbocycles. The maximum Gasteiger partial charge on any atom is 0.220 e. The predicted octanol–water partition coefficient (Wildman–Crippen LogP) is 2.30. The summed E-state index contributed by atoms with van der Waals surface area (Å²) in [6.45, 7) is 7.38. The van der Waals surface area contributed by atoms with Gasteiger partial charge in [-0.15, -0.1) is 0 Å². The van der Waals surface area contributed by atoms with Crippen molar-refractivity contribution in [3.05, 3.63) is 42.1 Å². The lowest BCUT2D eigenvalue weighted by Crippen LogP contribution is -2.48. The summed E-state index contributed by atoms with van der Waals surface area (Å²) < 4.78 is 7.68. The lowest BCUT2D eigenvalue weighted by Gasteiger charge is -2.38. The Hall–Kier alpha value is -2.08. The number of carbonyl (C=O) groups excluding carboxylic acids is 1. The first kappa shape index (κ1) is 16.4. The molecule has 2 aromatic heterocycles. The monoisotopic (exact) mass is 342 g/mol. The molecule has 0 radical (unpaired) electrons. The molecule has 3 atom stereocenters. The van der Waals surface area contributed by atoms with Crippen LogP contribution >= 0.6 is 0 Å². The number of fused-ring (bicyclic) bond motifs is 1. The molecule has 0 N–H and O–H groups in total. The van der Waals surface area contributed by atoms with Crippen molar-refractivity contribution >= 4 is 5.91 Å². The average molecular weight is 342 g/mol. The number of carbonyl (C=O) groups is 1. The molecular weight excluding hydrogens is 316 g/mol. The van der Waals surface area contributed by atoms with E-state index < -0.39 is 0 Å². The fraction of sp³-hybridized carbons (Fsp3) is 0.579. The molecule has 6 nitrogen and oxygen atoms in total. The van der Waals surface area contributed by atoms with Crippen molar-refractivity contribution in [1.82, 2.24) is 19.6 Å². The van der Waals surface area contributed by atoms with E-state index in [-0.39, 0.29) is 11.9 Å². The zero-order chi connectivity index (χ0) is 17.4. The van der Waals surface area contributed by atoms with Crippen LogP contribution in [0.1, 0.15) is 31.3 Å². The topological polar surface area (TPSA) is 54.5 Å². The molecule has 6 heteroatoms. The van der Waals surface area contributed by atoms with Crippen molar-refractivity contribution in [1.29, 1.82) is 0 Å². The van der Waals surface area contributed by atoms with Crippen LogP contribution in [0.15, 0.2) is 35.0 Å². The number of likely N-dealkylation sites (tertiary alicyclic amines) is 2. The molecule has 3 unspecified atom stereocenters. The minimum Gasteiger partial charge on any atom is -0.465 e. The van der Waals surface area contributed by atoms with Gasteiger partial charge in [0, 0.05) is 38.4 Å². The van der Waals surface area contributed by atoms with Crippen molar-refractivity contribution in [2.75, 3.05) is 13.1 Å². The minimum atomic E-state index is 0.194. The Morgan fingerprint density at radius 1 is 1.40 bits per heavy atom. The van der Waals surface area contributed by atoms with Gasteiger partial charge in [0.15, 0.2) is 0 Å². The van der Waals surface area contributed by atoms with Gasteiger partial charge in [-0.05, 0) is 43.9 Å². The van der Waals surface area contributed by atoms with Crippen molar-refractivity contribution < 1.29 is 9.21 Å². The van der Waals surface area contributed by atoms with E-state index in [1.807, 2.05) is 29.9 Å². The Morgan fingerprint density at radius 2 is 2.28 bits per heavy atom. The summed E-state index contributed by atoms with van der Waals surface area (Å²) in [6.07, 6.45) is 5.87. The van der Waals surface area contributed by atoms with Crippen molar-refractivity contribution in [3.8, 4) is 0 Å². The maximum atomic E-state index is 12.3. The van der Waals surface area contributed by atoms with E-state index in [9.17, 15) is 4.79 Å². The van der Waals surface area contributed by atoms with Gasteiger partial charge in [0.05, 0.1) is 19.1 Å². The van der Waals surface area contributed by atoms with Crippen molar-refractivity contribution in [2.45, 2.75) is 51.9 Å². The SMILES string of the molecule is CC(=O)N1C(Cn2cccn2)CC2CN(Cc3ccc(C)o3)CCC21. The smallest absolute Gasteiger partial charge is 0.220 e. The third kappa shape index (κ3) is 3.35. The number of furan rings is 1. The van der Waals surface area contributed by atoms with Gasteiger partial charge in [-0.3, -0.25) is 14.4 Å². The number of hydrogen-bond donors (Lipinski definition) is 0. The number of aromatic nitrogens is 2. The standard InChI is InChI=1S/C19H26N4O2/c1-14-4-5-18(25-14)13-21-9-6-19-16(11-21)10-17(23(19)15(2)24)12-22-8-3-7-20-22/h3-5,7-8,16-17,19H,6,9-13H2,1-2H3. The second-order valence-corrected chi connectivity index (χ2v) is 7.41. The van der Waals surface area contributed by atoms with Gasteiger partial charge < -0.3 is 9.32 Å². The number of nitrogens with zero attached hydrogens (tertiary/aromatic N) is 4. The fourth-order valence-electron chi connectivity index (χ4n) is 4.64. The van der Waals surface area contributed by atoms with Crippen LogP contribution in [0, 0.1) is 12.8 Å². The zero-order valence-electron chi connectivity index (χ0n) is 15.0. The Morgan fingerprint density at radius 3 is 2.96 bits per heavy atom. The molecule has 4 heterocycles. The molecule has 4 rings (SSSR count). The van der Waals surface area contributed by atoms with Gasteiger partial charge in [-0.2, -0.15) is 5.10 Å².